The van der Waals surface area contributed by atoms with Gasteiger partial charge in [-0.2, -0.15) is 0 Å². The number of nitrogens with one attached hydrogen (secondary N) is 2. The van der Waals surface area contributed by atoms with Gasteiger partial charge in [0, 0.05) is 30.2 Å². The van der Waals surface area contributed by atoms with Crippen molar-refractivity contribution in [2.45, 2.75) is 25.7 Å². The SMILES string of the molecule is O=C(NCc1cc2ccccc2[nH]1)N1CCC(C2OCCO2)CC1. The minimum Gasteiger partial charge on any atom is -0.357 e. The topological polar surface area (TPSA) is 66.6 Å². The number of rotatable bonds is 3. The highest BCUT2D eigenvalue weighted by atomic mass is 16.7. The van der Waals surface area contributed by atoms with Crippen molar-refractivity contribution >= 4 is 16.9 Å². The minimum absolute atomic E-state index is 0.000338. The van der Waals surface area contributed by atoms with Gasteiger partial charge in [0.25, 0.3) is 0 Å². The molecule has 2 aliphatic rings. The molecule has 2 aromatic rings. The van der Waals surface area contributed by atoms with Gasteiger partial charge in [-0.25, -0.2) is 4.79 Å². The van der Waals surface area contributed by atoms with Crippen LogP contribution in [0.4, 0.5) is 4.79 Å². The van der Waals surface area contributed by atoms with Gasteiger partial charge in [-0.05, 0) is 30.4 Å². The van der Waals surface area contributed by atoms with Crippen molar-refractivity contribution in [3.8, 4) is 0 Å². The summed E-state index contributed by atoms with van der Waals surface area (Å²) >= 11 is 0. The van der Waals surface area contributed by atoms with Gasteiger partial charge in [0.2, 0.25) is 0 Å². The largest absolute Gasteiger partial charge is 0.357 e. The van der Waals surface area contributed by atoms with Crippen LogP contribution < -0.4 is 5.32 Å². The molecule has 0 unspecified atom stereocenters. The Morgan fingerprint density at radius 1 is 1.21 bits per heavy atom. The number of aromatic nitrogens is 1. The quantitative estimate of drug-likeness (QED) is 0.909. The molecule has 2 saturated heterocycles. The summed E-state index contributed by atoms with van der Waals surface area (Å²) in [6, 6.07) is 10.2. The van der Waals surface area contributed by atoms with Crippen LogP contribution in [0.3, 0.4) is 0 Å². The van der Waals surface area contributed by atoms with Crippen LogP contribution in [0.15, 0.2) is 30.3 Å². The van der Waals surface area contributed by atoms with Gasteiger partial charge in [-0.15, -0.1) is 0 Å². The van der Waals surface area contributed by atoms with Gasteiger partial charge in [-0.3, -0.25) is 0 Å². The number of urea groups is 1. The number of nitrogens with zero attached hydrogens (tertiary/aromatic N) is 1. The van der Waals surface area contributed by atoms with Crippen molar-refractivity contribution in [3.63, 3.8) is 0 Å². The molecule has 2 aliphatic heterocycles. The van der Waals surface area contributed by atoms with Gasteiger partial charge in [-0.1, -0.05) is 18.2 Å². The highest BCUT2D eigenvalue weighted by Gasteiger charge is 2.31. The van der Waals surface area contributed by atoms with Gasteiger partial charge in [0.1, 0.15) is 0 Å². The first-order chi connectivity index (χ1) is 11.8. The van der Waals surface area contributed by atoms with Crippen molar-refractivity contribution in [1.82, 2.24) is 15.2 Å². The molecule has 3 heterocycles. The Bertz CT molecular complexity index is 667. The number of aromatic amines is 1. The smallest absolute Gasteiger partial charge is 0.317 e. The predicted molar refractivity (Wildman–Crippen MR) is 90.5 cm³/mol. The molecule has 0 saturated carbocycles. The Morgan fingerprint density at radius 3 is 2.71 bits per heavy atom. The monoisotopic (exact) mass is 329 g/mol. The summed E-state index contributed by atoms with van der Waals surface area (Å²) in [5, 5.41) is 4.17. The molecule has 0 radical (unpaired) electrons. The van der Waals surface area contributed by atoms with Crippen LogP contribution >= 0.6 is 0 Å². The van der Waals surface area contributed by atoms with Crippen molar-refractivity contribution in [1.29, 1.82) is 0 Å². The maximum atomic E-state index is 12.4. The van der Waals surface area contributed by atoms with Crippen LogP contribution in [0.1, 0.15) is 18.5 Å². The van der Waals surface area contributed by atoms with Crippen LogP contribution in [0.5, 0.6) is 0 Å². The highest BCUT2D eigenvalue weighted by molar-refractivity contribution is 5.80. The van der Waals surface area contributed by atoms with Crippen LogP contribution in [-0.4, -0.2) is 48.5 Å². The lowest BCUT2D eigenvalue weighted by molar-refractivity contribution is -0.0952. The number of ether oxygens (including phenoxy) is 2. The van der Waals surface area contributed by atoms with Crippen LogP contribution in [-0.2, 0) is 16.0 Å². The lowest BCUT2D eigenvalue weighted by Gasteiger charge is -2.33. The molecule has 0 aliphatic carbocycles. The summed E-state index contributed by atoms with van der Waals surface area (Å²) in [4.78, 5) is 17.6. The molecule has 6 nitrogen and oxygen atoms in total. The van der Waals surface area contributed by atoms with Crippen LogP contribution in [0.25, 0.3) is 10.9 Å². The number of H-pyrrole nitrogens is 1. The number of carbonyl (C=O) groups excluding carboxylic acids is 1. The molecule has 0 atom stereocenters. The summed E-state index contributed by atoms with van der Waals surface area (Å²) in [5.74, 6) is 0.408. The maximum absolute atomic E-state index is 12.4. The van der Waals surface area contributed by atoms with Gasteiger partial charge in [0.05, 0.1) is 19.8 Å². The molecule has 24 heavy (non-hydrogen) atoms. The number of piperidine rings is 1. The predicted octanol–water partition coefficient (Wildman–Crippen LogP) is 2.46. The van der Waals surface area contributed by atoms with E-state index in [2.05, 4.69) is 22.4 Å². The normalized spacial score (nSPS) is 19.9. The number of para-hydroxylation sites is 1. The summed E-state index contributed by atoms with van der Waals surface area (Å²) in [7, 11) is 0. The average molecular weight is 329 g/mol. The zero-order valence-corrected chi connectivity index (χ0v) is 13.7. The van der Waals surface area contributed by atoms with Crippen molar-refractivity contribution in [2.75, 3.05) is 26.3 Å². The fourth-order valence-electron chi connectivity index (χ4n) is 3.53. The van der Waals surface area contributed by atoms with E-state index in [0.717, 1.165) is 37.1 Å². The molecule has 2 amide bonds. The number of carbonyl (C=O) groups is 1. The van der Waals surface area contributed by atoms with Gasteiger partial charge < -0.3 is 24.7 Å². The Balaban J connectivity index is 1.27. The Hall–Kier alpha value is -2.05. The van der Waals surface area contributed by atoms with E-state index in [1.54, 1.807) is 0 Å². The Morgan fingerprint density at radius 2 is 1.96 bits per heavy atom. The third-order valence-electron chi connectivity index (χ3n) is 4.88. The highest BCUT2D eigenvalue weighted by Crippen LogP contribution is 2.25. The van der Waals surface area contributed by atoms with Gasteiger partial charge >= 0.3 is 6.03 Å². The first kappa shape index (κ1) is 15.5. The van der Waals surface area contributed by atoms with Crippen LogP contribution in [0, 0.1) is 5.92 Å². The van der Waals surface area contributed by atoms with E-state index in [1.807, 2.05) is 23.1 Å². The molecule has 128 valence electrons. The Labute approximate surface area is 141 Å². The number of amides is 2. The van der Waals surface area contributed by atoms with E-state index in [-0.39, 0.29) is 12.3 Å². The van der Waals surface area contributed by atoms with E-state index in [1.165, 1.54) is 5.39 Å². The Kier molecular flexibility index (Phi) is 4.40. The van der Waals surface area contributed by atoms with E-state index in [9.17, 15) is 4.79 Å². The molecule has 0 spiro atoms. The van der Waals surface area contributed by atoms with E-state index in [4.69, 9.17) is 9.47 Å². The molecule has 2 fully saturated rings. The molecule has 2 N–H and O–H groups in total. The standard InChI is InChI=1S/C18H23N3O3/c22-18(19-12-15-11-14-3-1-2-4-16(14)20-15)21-7-5-13(6-8-21)17-23-9-10-24-17/h1-4,11,13,17,20H,5-10,12H2,(H,19,22). The molecule has 4 rings (SSSR count). The molecule has 1 aromatic heterocycles. The number of benzene rings is 1. The molecule has 6 heteroatoms. The maximum Gasteiger partial charge on any atom is 0.317 e. The number of likely N-dealkylation sites (tertiary alicyclic amines) is 1. The fraction of sp³-hybridized carbons (Fsp3) is 0.500. The zero-order valence-electron chi connectivity index (χ0n) is 13.7. The first-order valence-corrected chi connectivity index (χ1v) is 8.62. The number of fused-ring (bicyclic) bond motifs is 1. The number of hydrogen-bond donors (Lipinski definition) is 2. The second kappa shape index (κ2) is 6.83. The van der Waals surface area contributed by atoms with Crippen molar-refractivity contribution in [2.24, 2.45) is 5.92 Å². The molecule has 0 bridgehead atoms. The summed E-state index contributed by atoms with van der Waals surface area (Å²) in [6.45, 7) is 3.41. The van der Waals surface area contributed by atoms with E-state index >= 15 is 0 Å². The third kappa shape index (κ3) is 3.25. The first-order valence-electron chi connectivity index (χ1n) is 8.62. The minimum atomic E-state index is -0.0680. The molecular weight excluding hydrogens is 306 g/mol. The second-order valence-corrected chi connectivity index (χ2v) is 6.47. The van der Waals surface area contributed by atoms with Gasteiger partial charge in [0.15, 0.2) is 6.29 Å². The van der Waals surface area contributed by atoms with Crippen molar-refractivity contribution in [3.05, 3.63) is 36.0 Å². The second-order valence-electron chi connectivity index (χ2n) is 6.47. The van der Waals surface area contributed by atoms with E-state index in [0.29, 0.717) is 25.7 Å². The number of hydrogen-bond acceptors (Lipinski definition) is 3. The fourth-order valence-corrected chi connectivity index (χ4v) is 3.53. The molecule has 1 aromatic carbocycles. The summed E-state index contributed by atoms with van der Waals surface area (Å²) < 4.78 is 11.2. The van der Waals surface area contributed by atoms with Crippen LogP contribution in [0.2, 0.25) is 0 Å². The summed E-state index contributed by atoms with van der Waals surface area (Å²) in [6.07, 6.45) is 1.80. The third-order valence-corrected chi connectivity index (χ3v) is 4.88. The average Bonchev–Trinajstić information content (AvgIpc) is 3.29. The van der Waals surface area contributed by atoms with Crippen molar-refractivity contribution < 1.29 is 14.3 Å². The lowest BCUT2D eigenvalue weighted by Crippen LogP contribution is -2.45. The van der Waals surface area contributed by atoms with E-state index < -0.39 is 0 Å². The summed E-state index contributed by atoms with van der Waals surface area (Å²) in [5.41, 5.74) is 2.12. The zero-order chi connectivity index (χ0) is 16.4. The lowest BCUT2D eigenvalue weighted by atomic mass is 9.96. The molecular formula is C18H23N3O3.